The van der Waals surface area contributed by atoms with Gasteiger partial charge in [-0.05, 0) is 38.7 Å². The molecular weight excluding hydrogens is 216 g/mol. The average Bonchev–Trinajstić information content (AvgIpc) is 2.27. The van der Waals surface area contributed by atoms with Gasteiger partial charge in [-0.15, -0.1) is 0 Å². The summed E-state index contributed by atoms with van der Waals surface area (Å²) in [5.41, 5.74) is 1.29. The number of hydrogen-bond donors (Lipinski definition) is 2. The normalized spacial score (nSPS) is 11.2. The van der Waals surface area contributed by atoms with Crippen molar-refractivity contribution in [2.45, 2.75) is 6.42 Å². The number of aromatic amines is 1. The van der Waals surface area contributed by atoms with E-state index in [0.717, 1.165) is 6.54 Å². The molecule has 0 aliphatic heterocycles. The van der Waals surface area contributed by atoms with E-state index in [1.165, 1.54) is 0 Å². The van der Waals surface area contributed by atoms with Crippen molar-refractivity contribution in [3.63, 3.8) is 0 Å². The number of likely N-dealkylation sites (N-methyl/N-ethyl adjacent to an activating group) is 1. The van der Waals surface area contributed by atoms with Crippen molar-refractivity contribution in [1.82, 2.24) is 9.88 Å². The first kappa shape index (κ1) is 11.7. The van der Waals surface area contributed by atoms with Crippen LogP contribution in [0.5, 0.6) is 5.75 Å². The molecule has 0 fully saturated rings. The lowest BCUT2D eigenvalue weighted by atomic mass is 10.1. The van der Waals surface area contributed by atoms with Gasteiger partial charge in [-0.25, -0.2) is 0 Å². The van der Waals surface area contributed by atoms with Crippen molar-refractivity contribution in [1.29, 1.82) is 0 Å². The molecule has 2 rings (SSSR count). The van der Waals surface area contributed by atoms with Gasteiger partial charge in [0.25, 0.3) is 5.56 Å². The van der Waals surface area contributed by atoms with Crippen molar-refractivity contribution in [2.75, 3.05) is 20.6 Å². The highest BCUT2D eigenvalue weighted by molar-refractivity contribution is 5.85. The van der Waals surface area contributed by atoms with Crippen molar-refractivity contribution in [3.05, 3.63) is 40.2 Å². The second kappa shape index (κ2) is 4.59. The van der Waals surface area contributed by atoms with E-state index in [1.54, 1.807) is 24.3 Å². The summed E-state index contributed by atoms with van der Waals surface area (Å²) in [7, 11) is 3.93. The number of H-pyrrole nitrogens is 1. The van der Waals surface area contributed by atoms with Crippen molar-refractivity contribution in [2.24, 2.45) is 0 Å². The van der Waals surface area contributed by atoms with Crippen LogP contribution in [0.3, 0.4) is 0 Å². The number of fused-ring (bicyclic) bond motifs is 1. The molecule has 0 saturated carbocycles. The molecule has 2 aromatic rings. The van der Waals surface area contributed by atoms with Crippen molar-refractivity contribution < 1.29 is 5.11 Å². The molecule has 0 atom stereocenters. The molecule has 0 bridgehead atoms. The highest BCUT2D eigenvalue weighted by Crippen LogP contribution is 2.22. The van der Waals surface area contributed by atoms with Crippen LogP contribution in [0.1, 0.15) is 5.56 Å². The molecule has 2 N–H and O–H groups in total. The number of nitrogens with zero attached hydrogens (tertiary/aromatic N) is 1. The predicted octanol–water partition coefficient (Wildman–Crippen LogP) is 1.34. The molecule has 0 aliphatic rings. The topological polar surface area (TPSA) is 56.3 Å². The second-order valence-electron chi connectivity index (χ2n) is 4.42. The fraction of sp³-hybridized carbons (Fsp3) is 0.308. The SMILES string of the molecule is CN(C)CCc1cc2c(O)cccc2[nH]c1=O. The van der Waals surface area contributed by atoms with Crippen LogP contribution in [0.2, 0.25) is 0 Å². The molecule has 0 saturated heterocycles. The minimum absolute atomic E-state index is 0.0787. The molecule has 1 aromatic carbocycles. The van der Waals surface area contributed by atoms with E-state index in [2.05, 4.69) is 4.98 Å². The minimum atomic E-state index is -0.0787. The summed E-state index contributed by atoms with van der Waals surface area (Å²) >= 11 is 0. The number of benzene rings is 1. The van der Waals surface area contributed by atoms with E-state index in [9.17, 15) is 9.90 Å². The summed E-state index contributed by atoms with van der Waals surface area (Å²) in [6.45, 7) is 0.808. The Bertz CT molecular complexity index is 587. The van der Waals surface area contributed by atoms with Gasteiger partial charge >= 0.3 is 0 Å². The number of nitrogens with one attached hydrogen (secondary N) is 1. The Hall–Kier alpha value is -1.81. The lowest BCUT2D eigenvalue weighted by Gasteiger charge is -2.09. The smallest absolute Gasteiger partial charge is 0.251 e. The summed E-state index contributed by atoms with van der Waals surface area (Å²) in [6, 6.07) is 6.89. The molecule has 4 nitrogen and oxygen atoms in total. The van der Waals surface area contributed by atoms with Crippen LogP contribution in [0, 0.1) is 0 Å². The van der Waals surface area contributed by atoms with Crippen LogP contribution in [0.15, 0.2) is 29.1 Å². The Kier molecular flexibility index (Phi) is 3.15. The quantitative estimate of drug-likeness (QED) is 0.839. The van der Waals surface area contributed by atoms with E-state index in [1.807, 2.05) is 19.0 Å². The van der Waals surface area contributed by atoms with E-state index >= 15 is 0 Å². The third-order valence-corrected chi connectivity index (χ3v) is 2.77. The summed E-state index contributed by atoms with van der Waals surface area (Å²) in [6.07, 6.45) is 0.673. The number of pyridine rings is 1. The van der Waals surface area contributed by atoms with Gasteiger partial charge in [-0.1, -0.05) is 6.07 Å². The van der Waals surface area contributed by atoms with Gasteiger partial charge in [0.1, 0.15) is 5.75 Å². The number of rotatable bonds is 3. The van der Waals surface area contributed by atoms with Gasteiger partial charge < -0.3 is 15.0 Å². The average molecular weight is 232 g/mol. The van der Waals surface area contributed by atoms with Gasteiger partial charge in [-0.2, -0.15) is 0 Å². The number of phenols is 1. The highest BCUT2D eigenvalue weighted by Gasteiger charge is 2.06. The second-order valence-corrected chi connectivity index (χ2v) is 4.42. The molecule has 0 amide bonds. The van der Waals surface area contributed by atoms with Crippen LogP contribution in [-0.2, 0) is 6.42 Å². The van der Waals surface area contributed by atoms with Gasteiger partial charge in [0.05, 0.1) is 5.52 Å². The van der Waals surface area contributed by atoms with Gasteiger partial charge in [0.2, 0.25) is 0 Å². The van der Waals surface area contributed by atoms with Crippen LogP contribution in [-0.4, -0.2) is 35.6 Å². The molecule has 0 unspecified atom stereocenters. The Morgan fingerprint density at radius 1 is 1.35 bits per heavy atom. The lowest BCUT2D eigenvalue weighted by Crippen LogP contribution is -2.20. The van der Waals surface area contributed by atoms with Crippen LogP contribution >= 0.6 is 0 Å². The van der Waals surface area contributed by atoms with Crippen molar-refractivity contribution >= 4 is 10.9 Å². The van der Waals surface area contributed by atoms with Crippen LogP contribution in [0.4, 0.5) is 0 Å². The molecular formula is C13H16N2O2. The maximum absolute atomic E-state index is 11.8. The zero-order valence-electron chi connectivity index (χ0n) is 10.0. The summed E-state index contributed by atoms with van der Waals surface area (Å²) in [5.74, 6) is 0.199. The summed E-state index contributed by atoms with van der Waals surface area (Å²) in [4.78, 5) is 16.6. The first-order valence-corrected chi connectivity index (χ1v) is 5.56. The zero-order valence-corrected chi connectivity index (χ0v) is 10.0. The first-order chi connectivity index (χ1) is 8.08. The van der Waals surface area contributed by atoms with Crippen LogP contribution in [0.25, 0.3) is 10.9 Å². The largest absolute Gasteiger partial charge is 0.507 e. The standard InChI is InChI=1S/C13H16N2O2/c1-15(2)7-6-9-8-10-11(14-13(9)17)4-3-5-12(10)16/h3-5,8,16H,6-7H2,1-2H3,(H,14,17). The van der Waals surface area contributed by atoms with Crippen LogP contribution < -0.4 is 5.56 Å². The fourth-order valence-corrected chi connectivity index (χ4v) is 1.79. The zero-order chi connectivity index (χ0) is 12.4. The van der Waals surface area contributed by atoms with Gasteiger partial charge in [0, 0.05) is 17.5 Å². The number of aromatic hydroxyl groups is 1. The molecule has 1 aromatic heterocycles. The molecule has 17 heavy (non-hydrogen) atoms. The van der Waals surface area contributed by atoms with E-state index < -0.39 is 0 Å². The van der Waals surface area contributed by atoms with Gasteiger partial charge in [-0.3, -0.25) is 4.79 Å². The molecule has 0 aliphatic carbocycles. The predicted molar refractivity (Wildman–Crippen MR) is 68.5 cm³/mol. The first-order valence-electron chi connectivity index (χ1n) is 5.56. The molecule has 1 heterocycles. The maximum atomic E-state index is 11.8. The Morgan fingerprint density at radius 3 is 2.82 bits per heavy atom. The van der Waals surface area contributed by atoms with Gasteiger partial charge in [0.15, 0.2) is 0 Å². The summed E-state index contributed by atoms with van der Waals surface area (Å²) in [5, 5.41) is 10.4. The lowest BCUT2D eigenvalue weighted by molar-refractivity contribution is 0.413. The highest BCUT2D eigenvalue weighted by atomic mass is 16.3. The van der Waals surface area contributed by atoms with E-state index in [4.69, 9.17) is 0 Å². The molecule has 90 valence electrons. The Labute approximate surface area is 99.5 Å². The van der Waals surface area contributed by atoms with Crippen molar-refractivity contribution in [3.8, 4) is 5.75 Å². The fourth-order valence-electron chi connectivity index (χ4n) is 1.79. The van der Waals surface area contributed by atoms with E-state index in [0.29, 0.717) is 22.9 Å². The molecule has 0 spiro atoms. The number of hydrogen-bond acceptors (Lipinski definition) is 3. The number of phenolic OH excluding ortho intramolecular Hbond substituents is 1. The van der Waals surface area contributed by atoms with E-state index in [-0.39, 0.29) is 11.3 Å². The number of aromatic nitrogens is 1. The maximum Gasteiger partial charge on any atom is 0.251 e. The minimum Gasteiger partial charge on any atom is -0.507 e. The monoisotopic (exact) mass is 232 g/mol. The molecule has 0 radical (unpaired) electrons. The molecule has 4 heteroatoms. The third-order valence-electron chi connectivity index (χ3n) is 2.77. The Morgan fingerprint density at radius 2 is 2.12 bits per heavy atom. The summed E-state index contributed by atoms with van der Waals surface area (Å²) < 4.78 is 0. The Balaban J connectivity index is 2.47. The third kappa shape index (κ3) is 2.47.